The van der Waals surface area contributed by atoms with Crippen LogP contribution in [0.4, 0.5) is 11.4 Å². The van der Waals surface area contributed by atoms with Crippen molar-refractivity contribution in [2.75, 3.05) is 24.3 Å². The van der Waals surface area contributed by atoms with Gasteiger partial charge in [0.2, 0.25) is 5.91 Å². The second kappa shape index (κ2) is 14.5. The van der Waals surface area contributed by atoms with Crippen LogP contribution in [0.1, 0.15) is 17.0 Å². The summed E-state index contributed by atoms with van der Waals surface area (Å²) in [6.07, 6.45) is 3.63. The van der Waals surface area contributed by atoms with Gasteiger partial charge in [-0.15, -0.1) is 37.2 Å². The second-order valence-electron chi connectivity index (χ2n) is 8.18. The molecular weight excluding hydrogens is 515 g/mol. The summed E-state index contributed by atoms with van der Waals surface area (Å²) in [7, 11) is 3.98. The molecule has 190 valence electrons. The molecule has 0 unspecified atom stereocenters. The maximum absolute atomic E-state index is 13.1. The number of amides is 1. The van der Waals surface area contributed by atoms with Gasteiger partial charge in [0.25, 0.3) is 0 Å². The van der Waals surface area contributed by atoms with E-state index in [4.69, 9.17) is 5.73 Å². The number of nitrogens with two attached hydrogens (primary N) is 1. The monoisotopic (exact) mass is 544 g/mol. The first kappa shape index (κ1) is 30.9. The summed E-state index contributed by atoms with van der Waals surface area (Å²) in [6.45, 7) is 0. The molecule has 0 aliphatic rings. The zero-order chi connectivity index (χ0) is 23.2. The molecule has 1 heterocycles. The smallest absolute Gasteiger partial charge is 0.242 e. The molecule has 5 nitrogen and oxygen atoms in total. The average Bonchev–Trinajstić information content (AvgIpc) is 2.86. The Labute approximate surface area is 231 Å². The predicted octanol–water partition coefficient (Wildman–Crippen LogP) is 6.18. The minimum absolute atomic E-state index is 0. The van der Waals surface area contributed by atoms with Crippen molar-refractivity contribution in [3.63, 3.8) is 0 Å². The van der Waals surface area contributed by atoms with E-state index < -0.39 is 6.04 Å². The third-order valence-corrected chi connectivity index (χ3v) is 5.72. The van der Waals surface area contributed by atoms with Gasteiger partial charge in [-0.3, -0.25) is 9.78 Å². The summed E-state index contributed by atoms with van der Waals surface area (Å²) in [5.41, 5.74) is 12.4. The van der Waals surface area contributed by atoms with Crippen molar-refractivity contribution in [2.24, 2.45) is 5.73 Å². The number of aromatic nitrogens is 1. The quantitative estimate of drug-likeness (QED) is 0.291. The van der Waals surface area contributed by atoms with E-state index in [9.17, 15) is 4.79 Å². The van der Waals surface area contributed by atoms with Gasteiger partial charge < -0.3 is 16.0 Å². The van der Waals surface area contributed by atoms with Crippen molar-refractivity contribution >= 4 is 54.5 Å². The maximum atomic E-state index is 13.1. The molecule has 0 aliphatic carbocycles. The van der Waals surface area contributed by atoms with E-state index in [0.717, 1.165) is 27.9 Å². The van der Waals surface area contributed by atoms with E-state index in [-0.39, 0.29) is 49.0 Å². The van der Waals surface area contributed by atoms with Gasteiger partial charge >= 0.3 is 0 Å². The molecule has 0 bridgehead atoms. The number of carbonyl (C=O) groups is 1. The molecule has 4 rings (SSSR count). The summed E-state index contributed by atoms with van der Waals surface area (Å²) >= 11 is 0. The molecule has 0 aliphatic heterocycles. The minimum atomic E-state index is -0.741. The highest BCUT2D eigenvalue weighted by atomic mass is 35.5. The molecular formula is C28H31Cl3N4O. The van der Waals surface area contributed by atoms with Gasteiger partial charge in [-0.1, -0.05) is 72.8 Å². The Morgan fingerprint density at radius 2 is 1.33 bits per heavy atom. The lowest BCUT2D eigenvalue weighted by atomic mass is 9.85. The fourth-order valence-corrected chi connectivity index (χ4v) is 4.02. The van der Waals surface area contributed by atoms with Crippen LogP contribution >= 0.6 is 37.2 Å². The van der Waals surface area contributed by atoms with E-state index in [0.29, 0.717) is 5.69 Å². The standard InChI is InChI=1S/C28H28N4O.3ClH/c1-32(2)25-19-30-18-17-24(25)20-13-15-23(16-14-20)31-28(33)27(29)26(21-9-5-3-6-10-21)22-11-7-4-8-12-22;;;/h3-19,26-27H,29H2,1-2H3,(H,31,33);3*1H/t27-;;;/m0.../s1. The first-order valence-electron chi connectivity index (χ1n) is 10.9. The Bertz CT molecular complexity index is 1170. The lowest BCUT2D eigenvalue weighted by Gasteiger charge is -2.24. The van der Waals surface area contributed by atoms with Crippen LogP contribution < -0.4 is 16.0 Å². The number of pyridine rings is 1. The number of carbonyl (C=O) groups excluding carboxylic acids is 1. The molecule has 8 heteroatoms. The van der Waals surface area contributed by atoms with Gasteiger partial charge in [0, 0.05) is 37.5 Å². The van der Waals surface area contributed by atoms with Crippen LogP contribution in [0.5, 0.6) is 0 Å². The van der Waals surface area contributed by atoms with Gasteiger partial charge in [0.1, 0.15) is 0 Å². The normalized spacial score (nSPS) is 10.8. The SMILES string of the molecule is CN(C)c1cnccc1-c1ccc(NC(=O)[C@@H](N)C(c2ccccc2)c2ccccc2)cc1.Cl.Cl.Cl. The highest BCUT2D eigenvalue weighted by molar-refractivity contribution is 5.96. The van der Waals surface area contributed by atoms with Crippen LogP contribution in [-0.4, -0.2) is 31.0 Å². The highest BCUT2D eigenvalue weighted by Gasteiger charge is 2.27. The molecule has 4 aromatic rings. The number of hydrogen-bond acceptors (Lipinski definition) is 4. The number of benzene rings is 3. The number of anilines is 2. The fourth-order valence-electron chi connectivity index (χ4n) is 4.02. The third-order valence-electron chi connectivity index (χ3n) is 5.72. The summed E-state index contributed by atoms with van der Waals surface area (Å²) < 4.78 is 0. The van der Waals surface area contributed by atoms with Gasteiger partial charge in [-0.05, 0) is 34.9 Å². The lowest BCUT2D eigenvalue weighted by molar-refractivity contribution is -0.117. The van der Waals surface area contributed by atoms with E-state index >= 15 is 0 Å². The molecule has 0 fully saturated rings. The minimum Gasteiger partial charge on any atom is -0.376 e. The van der Waals surface area contributed by atoms with Gasteiger partial charge in [-0.25, -0.2) is 0 Å². The Balaban J connectivity index is 0.00000216. The molecule has 0 radical (unpaired) electrons. The van der Waals surface area contributed by atoms with Gasteiger partial charge in [0.15, 0.2) is 0 Å². The topological polar surface area (TPSA) is 71.2 Å². The van der Waals surface area contributed by atoms with Gasteiger partial charge in [0.05, 0.1) is 17.9 Å². The molecule has 0 spiro atoms. The van der Waals surface area contributed by atoms with Crippen LogP contribution in [0.25, 0.3) is 11.1 Å². The first-order valence-corrected chi connectivity index (χ1v) is 10.9. The fraction of sp³-hybridized carbons (Fsp3) is 0.143. The Morgan fingerprint density at radius 1 is 0.806 bits per heavy atom. The predicted molar refractivity (Wildman–Crippen MR) is 157 cm³/mol. The van der Waals surface area contributed by atoms with Crippen LogP contribution in [0, 0.1) is 0 Å². The maximum Gasteiger partial charge on any atom is 0.242 e. The number of hydrogen-bond donors (Lipinski definition) is 2. The molecule has 3 aromatic carbocycles. The van der Waals surface area contributed by atoms with Crippen molar-refractivity contribution in [3.8, 4) is 11.1 Å². The largest absolute Gasteiger partial charge is 0.376 e. The van der Waals surface area contributed by atoms with Crippen molar-refractivity contribution in [1.29, 1.82) is 0 Å². The van der Waals surface area contributed by atoms with Crippen LogP contribution in [0.15, 0.2) is 103 Å². The van der Waals surface area contributed by atoms with E-state index in [2.05, 4.69) is 10.3 Å². The Hall–Kier alpha value is -3.09. The Kier molecular flexibility index (Phi) is 12.4. The molecule has 1 atom stereocenters. The molecule has 36 heavy (non-hydrogen) atoms. The number of nitrogens with zero attached hydrogens (tertiary/aromatic N) is 2. The summed E-state index contributed by atoms with van der Waals surface area (Å²) in [5.74, 6) is -0.468. The molecule has 1 amide bonds. The molecule has 1 aromatic heterocycles. The van der Waals surface area contributed by atoms with Crippen LogP contribution in [0.2, 0.25) is 0 Å². The Morgan fingerprint density at radius 3 is 1.83 bits per heavy atom. The average molecular weight is 546 g/mol. The van der Waals surface area contributed by atoms with E-state index in [1.807, 2.05) is 116 Å². The van der Waals surface area contributed by atoms with Crippen LogP contribution in [-0.2, 0) is 4.79 Å². The lowest BCUT2D eigenvalue weighted by Crippen LogP contribution is -2.41. The number of halogens is 3. The number of rotatable bonds is 7. The molecule has 0 saturated carbocycles. The summed E-state index contributed by atoms with van der Waals surface area (Å²) in [4.78, 5) is 19.4. The third kappa shape index (κ3) is 7.21. The van der Waals surface area contributed by atoms with Crippen molar-refractivity contribution in [3.05, 3.63) is 115 Å². The highest BCUT2D eigenvalue weighted by Crippen LogP contribution is 2.30. The van der Waals surface area contributed by atoms with E-state index in [1.165, 1.54) is 0 Å². The zero-order valence-corrected chi connectivity index (χ0v) is 22.5. The summed E-state index contributed by atoms with van der Waals surface area (Å²) in [6, 6.07) is 28.9. The van der Waals surface area contributed by atoms with Crippen molar-refractivity contribution in [1.82, 2.24) is 4.98 Å². The zero-order valence-electron chi connectivity index (χ0n) is 20.1. The second-order valence-corrected chi connectivity index (χ2v) is 8.18. The van der Waals surface area contributed by atoms with Crippen molar-refractivity contribution in [2.45, 2.75) is 12.0 Å². The van der Waals surface area contributed by atoms with Gasteiger partial charge in [-0.2, -0.15) is 0 Å². The van der Waals surface area contributed by atoms with E-state index in [1.54, 1.807) is 6.20 Å². The number of nitrogens with one attached hydrogen (secondary N) is 1. The van der Waals surface area contributed by atoms with Crippen molar-refractivity contribution < 1.29 is 4.79 Å². The summed E-state index contributed by atoms with van der Waals surface area (Å²) in [5, 5.41) is 2.99. The molecule has 0 saturated heterocycles. The van der Waals surface area contributed by atoms with Crippen LogP contribution in [0.3, 0.4) is 0 Å². The molecule has 3 N–H and O–H groups in total. The first-order chi connectivity index (χ1) is 16.0.